The minimum absolute atomic E-state index is 0.340. The summed E-state index contributed by atoms with van der Waals surface area (Å²) in [5.41, 5.74) is 1.70. The highest BCUT2D eigenvalue weighted by Crippen LogP contribution is 2.27. The summed E-state index contributed by atoms with van der Waals surface area (Å²) in [4.78, 5) is 24.4. The first-order chi connectivity index (χ1) is 11.1. The van der Waals surface area contributed by atoms with E-state index in [4.69, 9.17) is 4.74 Å². The van der Waals surface area contributed by atoms with Crippen LogP contribution in [0.15, 0.2) is 71.9 Å². The van der Waals surface area contributed by atoms with Gasteiger partial charge in [0.1, 0.15) is 5.75 Å². The summed E-state index contributed by atoms with van der Waals surface area (Å²) in [5, 5.41) is 5.40. The molecule has 1 atom stereocenters. The van der Waals surface area contributed by atoms with Crippen molar-refractivity contribution in [2.24, 2.45) is 0 Å². The Hall–Kier alpha value is -3.08. The number of hydrogen-bond acceptors (Lipinski definition) is 3. The molecule has 0 radical (unpaired) electrons. The number of para-hydroxylation sites is 1. The number of hydrogen-bond donors (Lipinski definition) is 2. The fourth-order valence-electron chi connectivity index (χ4n) is 2.51. The lowest BCUT2D eigenvalue weighted by Crippen LogP contribution is -2.45. The smallest absolute Gasteiger partial charge is 0.343 e. The van der Waals surface area contributed by atoms with Crippen LogP contribution in [-0.4, -0.2) is 12.0 Å². The molecule has 0 saturated carbocycles. The fraction of sp³-hybridized carbons (Fsp3) is 0.111. The van der Waals surface area contributed by atoms with Crippen molar-refractivity contribution in [1.29, 1.82) is 0 Å². The first-order valence-electron chi connectivity index (χ1n) is 7.25. The Morgan fingerprint density at radius 3 is 2.26 bits per heavy atom. The Kier molecular flexibility index (Phi) is 4.10. The Morgan fingerprint density at radius 2 is 1.61 bits per heavy atom. The molecule has 0 fully saturated rings. The lowest BCUT2D eigenvalue weighted by Gasteiger charge is -2.28. The normalized spacial score (nSPS) is 17.3. The first kappa shape index (κ1) is 14.8. The van der Waals surface area contributed by atoms with E-state index >= 15 is 0 Å². The zero-order chi connectivity index (χ0) is 16.2. The van der Waals surface area contributed by atoms with Crippen LogP contribution in [0.5, 0.6) is 5.75 Å². The van der Waals surface area contributed by atoms with Gasteiger partial charge in [-0.05, 0) is 24.6 Å². The SMILES string of the molecule is CC1=C(C(=O)Oc2ccccc2)C(c2ccccc2)NC(=O)N1. The Bertz CT molecular complexity index is 754. The van der Waals surface area contributed by atoms with Gasteiger partial charge in [-0.25, -0.2) is 9.59 Å². The molecule has 0 spiro atoms. The van der Waals surface area contributed by atoms with Gasteiger partial charge in [-0.15, -0.1) is 0 Å². The number of carbonyl (C=O) groups excluding carboxylic acids is 2. The van der Waals surface area contributed by atoms with E-state index in [1.54, 1.807) is 31.2 Å². The maximum absolute atomic E-state index is 12.6. The van der Waals surface area contributed by atoms with Gasteiger partial charge in [0, 0.05) is 5.70 Å². The summed E-state index contributed by atoms with van der Waals surface area (Å²) in [6, 6.07) is 17.3. The second kappa shape index (κ2) is 6.36. The van der Waals surface area contributed by atoms with Crippen molar-refractivity contribution >= 4 is 12.0 Å². The molecule has 0 aliphatic carbocycles. The van der Waals surface area contributed by atoms with Crippen LogP contribution in [0.25, 0.3) is 0 Å². The predicted molar refractivity (Wildman–Crippen MR) is 85.6 cm³/mol. The monoisotopic (exact) mass is 308 g/mol. The van der Waals surface area contributed by atoms with E-state index in [2.05, 4.69) is 10.6 Å². The molecule has 2 N–H and O–H groups in total. The summed E-state index contributed by atoms with van der Waals surface area (Å²) in [6.45, 7) is 1.69. The lowest BCUT2D eigenvalue weighted by atomic mass is 9.96. The zero-order valence-electron chi connectivity index (χ0n) is 12.6. The van der Waals surface area contributed by atoms with Gasteiger partial charge >= 0.3 is 12.0 Å². The van der Waals surface area contributed by atoms with Crippen molar-refractivity contribution in [3.63, 3.8) is 0 Å². The summed E-state index contributed by atoms with van der Waals surface area (Å²) in [7, 11) is 0. The lowest BCUT2D eigenvalue weighted by molar-refractivity contribution is -0.130. The average molecular weight is 308 g/mol. The summed E-state index contributed by atoms with van der Waals surface area (Å²) >= 11 is 0. The molecule has 2 aromatic rings. The van der Waals surface area contributed by atoms with Crippen molar-refractivity contribution in [2.75, 3.05) is 0 Å². The Balaban J connectivity index is 1.94. The van der Waals surface area contributed by atoms with Crippen LogP contribution >= 0.6 is 0 Å². The molecular formula is C18H16N2O3. The van der Waals surface area contributed by atoms with E-state index in [1.165, 1.54) is 0 Å². The minimum Gasteiger partial charge on any atom is -0.423 e. The maximum atomic E-state index is 12.6. The van der Waals surface area contributed by atoms with Crippen molar-refractivity contribution in [1.82, 2.24) is 10.6 Å². The van der Waals surface area contributed by atoms with Crippen molar-refractivity contribution in [2.45, 2.75) is 13.0 Å². The number of ether oxygens (including phenoxy) is 1. The molecule has 5 heteroatoms. The molecule has 0 aromatic heterocycles. The van der Waals surface area contributed by atoms with Gasteiger partial charge in [0.2, 0.25) is 0 Å². The van der Waals surface area contributed by atoms with Gasteiger partial charge in [-0.1, -0.05) is 48.5 Å². The van der Waals surface area contributed by atoms with E-state index in [-0.39, 0.29) is 6.03 Å². The van der Waals surface area contributed by atoms with Crippen molar-refractivity contribution in [3.8, 4) is 5.75 Å². The molecule has 1 heterocycles. The summed E-state index contributed by atoms with van der Waals surface area (Å²) in [6.07, 6.45) is 0. The van der Waals surface area contributed by atoms with Crippen LogP contribution in [0, 0.1) is 0 Å². The predicted octanol–water partition coefficient (Wildman–Crippen LogP) is 2.92. The molecule has 0 saturated heterocycles. The number of amides is 2. The highest BCUT2D eigenvalue weighted by atomic mass is 16.5. The van der Waals surface area contributed by atoms with Gasteiger partial charge in [-0.2, -0.15) is 0 Å². The molecule has 2 aromatic carbocycles. The molecule has 23 heavy (non-hydrogen) atoms. The molecule has 1 aliphatic rings. The van der Waals surface area contributed by atoms with E-state index in [9.17, 15) is 9.59 Å². The maximum Gasteiger partial charge on any atom is 0.343 e. The molecule has 1 unspecified atom stereocenters. The summed E-state index contributed by atoms with van der Waals surface area (Å²) < 4.78 is 5.42. The molecule has 5 nitrogen and oxygen atoms in total. The number of carbonyl (C=O) groups is 2. The number of allylic oxidation sites excluding steroid dienone is 1. The standard InChI is InChI=1S/C18H16N2O3/c1-12-15(17(21)23-14-10-6-3-7-11-14)16(20-18(22)19-12)13-8-4-2-5-9-13/h2-11,16H,1H3,(H2,19,20,22). The first-order valence-corrected chi connectivity index (χ1v) is 7.25. The second-order valence-corrected chi connectivity index (χ2v) is 5.18. The van der Waals surface area contributed by atoms with Crippen LogP contribution in [0.3, 0.4) is 0 Å². The topological polar surface area (TPSA) is 67.4 Å². The van der Waals surface area contributed by atoms with Crippen molar-refractivity contribution in [3.05, 3.63) is 77.5 Å². The molecule has 0 bridgehead atoms. The minimum atomic E-state index is -0.541. The van der Waals surface area contributed by atoms with Gasteiger partial charge < -0.3 is 15.4 Å². The molecule has 2 amide bonds. The molecule has 1 aliphatic heterocycles. The second-order valence-electron chi connectivity index (χ2n) is 5.18. The third-order valence-corrected chi connectivity index (χ3v) is 3.58. The van der Waals surface area contributed by atoms with Crippen molar-refractivity contribution < 1.29 is 14.3 Å². The quantitative estimate of drug-likeness (QED) is 0.677. The van der Waals surface area contributed by atoms with Gasteiger partial charge in [-0.3, -0.25) is 0 Å². The van der Waals surface area contributed by atoms with E-state index in [0.717, 1.165) is 5.56 Å². The Morgan fingerprint density at radius 1 is 1.00 bits per heavy atom. The Labute approximate surface area is 134 Å². The van der Waals surface area contributed by atoms with Gasteiger partial charge in [0.05, 0.1) is 11.6 Å². The van der Waals surface area contributed by atoms with E-state index in [1.807, 2.05) is 36.4 Å². The van der Waals surface area contributed by atoms with Crippen LogP contribution in [-0.2, 0) is 4.79 Å². The van der Waals surface area contributed by atoms with Crippen LogP contribution in [0.2, 0.25) is 0 Å². The number of benzene rings is 2. The highest BCUT2D eigenvalue weighted by Gasteiger charge is 2.32. The summed E-state index contributed by atoms with van der Waals surface area (Å²) in [5.74, 6) is -0.0310. The highest BCUT2D eigenvalue weighted by molar-refractivity contribution is 5.96. The number of esters is 1. The van der Waals surface area contributed by atoms with Crippen LogP contribution in [0.1, 0.15) is 18.5 Å². The molecule has 116 valence electrons. The van der Waals surface area contributed by atoms with Gasteiger partial charge in [0.25, 0.3) is 0 Å². The van der Waals surface area contributed by atoms with E-state index in [0.29, 0.717) is 17.0 Å². The largest absolute Gasteiger partial charge is 0.423 e. The van der Waals surface area contributed by atoms with E-state index < -0.39 is 12.0 Å². The van der Waals surface area contributed by atoms with Crippen LogP contribution in [0.4, 0.5) is 4.79 Å². The third kappa shape index (κ3) is 3.23. The zero-order valence-corrected chi connectivity index (χ0v) is 12.6. The number of urea groups is 1. The molecular weight excluding hydrogens is 292 g/mol. The third-order valence-electron chi connectivity index (χ3n) is 3.58. The van der Waals surface area contributed by atoms with Crippen LogP contribution < -0.4 is 15.4 Å². The fourth-order valence-corrected chi connectivity index (χ4v) is 2.51. The number of nitrogens with one attached hydrogen (secondary N) is 2. The molecule has 3 rings (SSSR count). The van der Waals surface area contributed by atoms with Gasteiger partial charge in [0.15, 0.2) is 0 Å². The number of rotatable bonds is 3. The average Bonchev–Trinajstić information content (AvgIpc) is 2.55.